The van der Waals surface area contributed by atoms with Crippen LogP contribution in [0.1, 0.15) is 21.7 Å². The molecule has 2 N–H and O–H groups in total. The minimum absolute atomic E-state index is 0.223. The first-order chi connectivity index (χ1) is 14.6. The molecule has 0 bridgehead atoms. The van der Waals surface area contributed by atoms with Crippen LogP contribution < -0.4 is 10.6 Å². The standard InChI is InChI=1S/C24H21N5O/c1-16-11-12-22(25-15-16)29-24(30)19-9-6-10-20(13-19)28-23-14-21(26-17(2)27-23)18-7-4-3-5-8-18/h3-15H,1-2H3,(H,25,29,30)(H,26,27,28). The fourth-order valence-corrected chi connectivity index (χ4v) is 3.00. The van der Waals surface area contributed by atoms with E-state index in [1.807, 2.05) is 68.4 Å². The van der Waals surface area contributed by atoms with Gasteiger partial charge in [0.1, 0.15) is 17.5 Å². The molecule has 0 aliphatic heterocycles. The number of aryl methyl sites for hydroxylation is 2. The molecule has 0 fully saturated rings. The maximum Gasteiger partial charge on any atom is 0.256 e. The van der Waals surface area contributed by atoms with Gasteiger partial charge in [-0.25, -0.2) is 15.0 Å². The molecule has 148 valence electrons. The third-order valence-corrected chi connectivity index (χ3v) is 4.46. The number of carbonyl (C=O) groups excluding carboxylic acids is 1. The largest absolute Gasteiger partial charge is 0.340 e. The van der Waals surface area contributed by atoms with Crippen molar-refractivity contribution in [1.82, 2.24) is 15.0 Å². The Hall–Kier alpha value is -4.06. The van der Waals surface area contributed by atoms with Gasteiger partial charge in [0.2, 0.25) is 0 Å². The Labute approximate surface area is 175 Å². The van der Waals surface area contributed by atoms with Crippen molar-refractivity contribution in [1.29, 1.82) is 0 Å². The van der Waals surface area contributed by atoms with Crippen molar-refractivity contribution < 1.29 is 4.79 Å². The molecular formula is C24H21N5O. The van der Waals surface area contributed by atoms with Crippen LogP contribution >= 0.6 is 0 Å². The van der Waals surface area contributed by atoms with E-state index in [-0.39, 0.29) is 5.91 Å². The molecule has 0 saturated heterocycles. The summed E-state index contributed by atoms with van der Waals surface area (Å²) in [5.41, 5.74) is 4.18. The van der Waals surface area contributed by atoms with Crippen LogP contribution in [-0.4, -0.2) is 20.9 Å². The number of pyridine rings is 1. The average molecular weight is 395 g/mol. The minimum Gasteiger partial charge on any atom is -0.340 e. The fourth-order valence-electron chi connectivity index (χ4n) is 3.00. The van der Waals surface area contributed by atoms with Gasteiger partial charge in [-0.15, -0.1) is 0 Å². The Morgan fingerprint density at radius 1 is 0.833 bits per heavy atom. The number of benzene rings is 2. The van der Waals surface area contributed by atoms with Crippen LogP contribution in [0.5, 0.6) is 0 Å². The van der Waals surface area contributed by atoms with Crippen LogP contribution in [0.15, 0.2) is 79.0 Å². The Morgan fingerprint density at radius 3 is 2.43 bits per heavy atom. The average Bonchev–Trinajstić information content (AvgIpc) is 2.76. The van der Waals surface area contributed by atoms with E-state index in [4.69, 9.17) is 0 Å². The maximum absolute atomic E-state index is 12.6. The Balaban J connectivity index is 1.54. The van der Waals surface area contributed by atoms with Gasteiger partial charge < -0.3 is 10.6 Å². The predicted octanol–water partition coefficient (Wildman–Crippen LogP) is 5.15. The molecule has 2 aromatic heterocycles. The van der Waals surface area contributed by atoms with Gasteiger partial charge in [-0.3, -0.25) is 4.79 Å². The van der Waals surface area contributed by atoms with Gasteiger partial charge in [-0.05, 0) is 43.7 Å². The highest BCUT2D eigenvalue weighted by Crippen LogP contribution is 2.22. The molecule has 6 heteroatoms. The molecular weight excluding hydrogens is 374 g/mol. The minimum atomic E-state index is -0.223. The lowest BCUT2D eigenvalue weighted by Crippen LogP contribution is -2.13. The van der Waals surface area contributed by atoms with Crippen molar-refractivity contribution in [3.05, 3.63) is 95.9 Å². The van der Waals surface area contributed by atoms with Crippen molar-refractivity contribution in [3.8, 4) is 11.3 Å². The molecule has 0 aliphatic carbocycles. The number of hydrogen-bond donors (Lipinski definition) is 2. The lowest BCUT2D eigenvalue weighted by Gasteiger charge is -2.10. The third kappa shape index (κ3) is 4.67. The second kappa shape index (κ2) is 8.53. The molecule has 2 aromatic carbocycles. The number of rotatable bonds is 5. The summed E-state index contributed by atoms with van der Waals surface area (Å²) in [6.07, 6.45) is 1.72. The summed E-state index contributed by atoms with van der Waals surface area (Å²) in [6.45, 7) is 3.81. The predicted molar refractivity (Wildman–Crippen MR) is 119 cm³/mol. The highest BCUT2D eigenvalue weighted by atomic mass is 16.1. The molecule has 30 heavy (non-hydrogen) atoms. The molecule has 0 aliphatic rings. The zero-order valence-electron chi connectivity index (χ0n) is 16.8. The first-order valence-corrected chi connectivity index (χ1v) is 9.59. The highest BCUT2D eigenvalue weighted by Gasteiger charge is 2.09. The Morgan fingerprint density at radius 2 is 1.67 bits per heavy atom. The molecule has 0 saturated carbocycles. The van der Waals surface area contributed by atoms with Crippen molar-refractivity contribution in [3.63, 3.8) is 0 Å². The number of aromatic nitrogens is 3. The van der Waals surface area contributed by atoms with Crippen molar-refractivity contribution >= 4 is 23.2 Å². The molecule has 0 radical (unpaired) electrons. The first-order valence-electron chi connectivity index (χ1n) is 9.59. The summed E-state index contributed by atoms with van der Waals surface area (Å²) in [6, 6.07) is 22.8. The summed E-state index contributed by atoms with van der Waals surface area (Å²) in [4.78, 5) is 25.8. The van der Waals surface area contributed by atoms with Gasteiger partial charge >= 0.3 is 0 Å². The lowest BCUT2D eigenvalue weighted by molar-refractivity contribution is 0.102. The van der Waals surface area contributed by atoms with E-state index in [1.54, 1.807) is 24.4 Å². The van der Waals surface area contributed by atoms with E-state index in [2.05, 4.69) is 25.6 Å². The van der Waals surface area contributed by atoms with Gasteiger partial charge in [-0.2, -0.15) is 0 Å². The smallest absolute Gasteiger partial charge is 0.256 e. The summed E-state index contributed by atoms with van der Waals surface area (Å²) >= 11 is 0. The van der Waals surface area contributed by atoms with Crippen LogP contribution in [-0.2, 0) is 0 Å². The quantitative estimate of drug-likeness (QED) is 0.488. The van der Waals surface area contributed by atoms with E-state index in [0.717, 1.165) is 22.5 Å². The van der Waals surface area contributed by atoms with Gasteiger partial charge in [0.05, 0.1) is 5.69 Å². The second-order valence-corrected chi connectivity index (χ2v) is 6.93. The van der Waals surface area contributed by atoms with Gasteiger partial charge in [0.25, 0.3) is 5.91 Å². The molecule has 0 atom stereocenters. The molecule has 6 nitrogen and oxygen atoms in total. The van der Waals surface area contributed by atoms with Crippen LogP contribution in [0.25, 0.3) is 11.3 Å². The summed E-state index contributed by atoms with van der Waals surface area (Å²) in [7, 11) is 0. The van der Waals surface area contributed by atoms with Gasteiger partial charge in [0.15, 0.2) is 0 Å². The molecule has 0 spiro atoms. The topological polar surface area (TPSA) is 79.8 Å². The van der Waals surface area contributed by atoms with E-state index in [1.165, 1.54) is 0 Å². The van der Waals surface area contributed by atoms with E-state index < -0.39 is 0 Å². The zero-order valence-corrected chi connectivity index (χ0v) is 16.8. The van der Waals surface area contributed by atoms with Crippen LogP contribution in [0, 0.1) is 13.8 Å². The summed E-state index contributed by atoms with van der Waals surface area (Å²) in [5.74, 6) is 1.62. The number of anilines is 3. The van der Waals surface area contributed by atoms with Gasteiger partial charge in [0, 0.05) is 29.1 Å². The third-order valence-electron chi connectivity index (χ3n) is 4.46. The SMILES string of the molecule is Cc1ccc(NC(=O)c2cccc(Nc3cc(-c4ccccc4)nc(C)n3)c2)nc1. The number of carbonyl (C=O) groups is 1. The maximum atomic E-state index is 12.6. The van der Waals surface area contributed by atoms with Crippen molar-refractivity contribution in [2.45, 2.75) is 13.8 Å². The summed E-state index contributed by atoms with van der Waals surface area (Å²) < 4.78 is 0. The molecule has 0 unspecified atom stereocenters. The normalized spacial score (nSPS) is 10.5. The van der Waals surface area contributed by atoms with Crippen LogP contribution in [0.2, 0.25) is 0 Å². The molecule has 2 heterocycles. The van der Waals surface area contributed by atoms with Crippen molar-refractivity contribution in [2.75, 3.05) is 10.6 Å². The molecule has 1 amide bonds. The number of amides is 1. The number of hydrogen-bond acceptors (Lipinski definition) is 5. The van der Waals surface area contributed by atoms with E-state index >= 15 is 0 Å². The summed E-state index contributed by atoms with van der Waals surface area (Å²) in [5, 5.41) is 6.09. The molecule has 4 aromatic rings. The zero-order chi connectivity index (χ0) is 20.9. The second-order valence-electron chi connectivity index (χ2n) is 6.93. The lowest BCUT2D eigenvalue weighted by atomic mass is 10.1. The van der Waals surface area contributed by atoms with Crippen LogP contribution in [0.4, 0.5) is 17.3 Å². The Kier molecular flexibility index (Phi) is 5.48. The van der Waals surface area contributed by atoms with Crippen LogP contribution in [0.3, 0.4) is 0 Å². The number of nitrogens with zero attached hydrogens (tertiary/aromatic N) is 3. The number of nitrogens with one attached hydrogen (secondary N) is 2. The highest BCUT2D eigenvalue weighted by molar-refractivity contribution is 6.04. The Bertz CT molecular complexity index is 1170. The molecule has 4 rings (SSSR count). The van der Waals surface area contributed by atoms with E-state index in [0.29, 0.717) is 23.0 Å². The van der Waals surface area contributed by atoms with Gasteiger partial charge in [-0.1, -0.05) is 42.5 Å². The van der Waals surface area contributed by atoms with E-state index in [9.17, 15) is 4.79 Å². The van der Waals surface area contributed by atoms with Crippen molar-refractivity contribution in [2.24, 2.45) is 0 Å². The monoisotopic (exact) mass is 395 g/mol. The first kappa shape index (κ1) is 19.3. The fraction of sp³-hybridized carbons (Fsp3) is 0.0833.